The van der Waals surface area contributed by atoms with Crippen LogP contribution in [0.4, 0.5) is 5.69 Å². The molecular weight excluding hydrogens is 316 g/mol. The van der Waals surface area contributed by atoms with Crippen LogP contribution < -0.4 is 10.1 Å². The Morgan fingerprint density at radius 1 is 1.52 bits per heavy atom. The average Bonchev–Trinajstić information content (AvgIpc) is 2.62. The first-order valence-corrected chi connectivity index (χ1v) is 9.01. The van der Waals surface area contributed by atoms with Gasteiger partial charge in [0.1, 0.15) is 17.4 Å². The number of ether oxygens (including phenoxy) is 2. The van der Waals surface area contributed by atoms with Crippen LogP contribution in [0.2, 0.25) is 0 Å². The van der Waals surface area contributed by atoms with E-state index in [-0.39, 0.29) is 12.0 Å². The van der Waals surface area contributed by atoms with Crippen LogP contribution in [0.3, 0.4) is 0 Å². The Bertz CT molecular complexity index is 653. The van der Waals surface area contributed by atoms with Crippen LogP contribution >= 0.6 is 0 Å². The van der Waals surface area contributed by atoms with Gasteiger partial charge in [-0.05, 0) is 50.7 Å². The van der Waals surface area contributed by atoms with Crippen molar-refractivity contribution in [3.05, 3.63) is 23.8 Å². The van der Waals surface area contributed by atoms with Gasteiger partial charge >= 0.3 is 0 Å². The minimum absolute atomic E-state index is 0.0764. The molecule has 2 rings (SSSR count). The minimum atomic E-state index is -0.809. The van der Waals surface area contributed by atoms with Crippen molar-refractivity contribution in [3.63, 3.8) is 0 Å². The van der Waals surface area contributed by atoms with Gasteiger partial charge in [-0.2, -0.15) is 5.26 Å². The van der Waals surface area contributed by atoms with Crippen molar-refractivity contribution in [1.82, 2.24) is 0 Å². The maximum absolute atomic E-state index is 12.9. The molecule has 1 aliphatic rings. The van der Waals surface area contributed by atoms with Gasteiger partial charge in [0, 0.05) is 13.2 Å². The summed E-state index contributed by atoms with van der Waals surface area (Å²) in [6.07, 6.45) is 4.45. The van der Waals surface area contributed by atoms with E-state index in [9.17, 15) is 10.1 Å². The highest BCUT2D eigenvalue weighted by Gasteiger charge is 2.42. The molecule has 0 aliphatic heterocycles. The summed E-state index contributed by atoms with van der Waals surface area (Å²) in [4.78, 5) is 12.9. The van der Waals surface area contributed by atoms with E-state index in [2.05, 4.69) is 18.3 Å². The number of amides is 1. The molecule has 1 aromatic rings. The Balaban J connectivity index is 2.18. The fourth-order valence-electron chi connectivity index (χ4n) is 3.34. The van der Waals surface area contributed by atoms with Crippen LogP contribution in [-0.2, 0) is 9.53 Å². The largest absolute Gasteiger partial charge is 0.491 e. The summed E-state index contributed by atoms with van der Waals surface area (Å²) in [5.41, 5.74) is 0.0824. The van der Waals surface area contributed by atoms with E-state index in [0.717, 1.165) is 19.3 Å². The normalized spacial score (nSPS) is 24.2. The maximum Gasteiger partial charge on any atom is 0.256 e. The third-order valence-electron chi connectivity index (χ3n) is 5.03. The van der Waals surface area contributed by atoms with Gasteiger partial charge in [0.2, 0.25) is 0 Å². The van der Waals surface area contributed by atoms with Crippen LogP contribution in [-0.4, -0.2) is 24.7 Å². The average molecular weight is 344 g/mol. The molecule has 1 saturated carbocycles. The second-order valence-electron chi connectivity index (χ2n) is 7.01. The van der Waals surface area contributed by atoms with Gasteiger partial charge in [-0.1, -0.05) is 20.3 Å². The number of methoxy groups -OCH3 is 1. The Morgan fingerprint density at radius 2 is 2.28 bits per heavy atom. The van der Waals surface area contributed by atoms with Crippen LogP contribution in [0, 0.1) is 17.2 Å². The van der Waals surface area contributed by atoms with Crippen molar-refractivity contribution in [2.75, 3.05) is 12.4 Å². The van der Waals surface area contributed by atoms with Gasteiger partial charge in [0.05, 0.1) is 17.4 Å². The second-order valence-corrected chi connectivity index (χ2v) is 7.01. The van der Waals surface area contributed by atoms with Crippen LogP contribution in [0.5, 0.6) is 5.75 Å². The van der Waals surface area contributed by atoms with Crippen molar-refractivity contribution < 1.29 is 14.3 Å². The second kappa shape index (κ2) is 8.35. The predicted octanol–water partition coefficient (Wildman–Crippen LogP) is 4.27. The monoisotopic (exact) mass is 344 g/mol. The van der Waals surface area contributed by atoms with E-state index in [1.807, 2.05) is 13.8 Å². The summed E-state index contributed by atoms with van der Waals surface area (Å²) in [5, 5.41) is 12.3. The summed E-state index contributed by atoms with van der Waals surface area (Å²) >= 11 is 0. The van der Waals surface area contributed by atoms with Crippen LogP contribution in [0.1, 0.15) is 58.4 Å². The molecule has 136 valence electrons. The maximum atomic E-state index is 12.9. The molecule has 0 heterocycles. The van der Waals surface area contributed by atoms with E-state index < -0.39 is 5.60 Å². The first-order chi connectivity index (χ1) is 11.9. The lowest BCUT2D eigenvalue weighted by Crippen LogP contribution is -2.48. The highest BCUT2D eigenvalue weighted by Crippen LogP contribution is 2.36. The lowest BCUT2D eigenvalue weighted by Gasteiger charge is -2.37. The molecule has 3 atom stereocenters. The lowest BCUT2D eigenvalue weighted by atomic mass is 9.78. The number of hydrogen-bond acceptors (Lipinski definition) is 4. The van der Waals surface area contributed by atoms with E-state index in [1.165, 1.54) is 0 Å². The first-order valence-electron chi connectivity index (χ1n) is 9.01. The van der Waals surface area contributed by atoms with Crippen molar-refractivity contribution >= 4 is 11.6 Å². The summed E-state index contributed by atoms with van der Waals surface area (Å²) in [7, 11) is 1.59. The van der Waals surface area contributed by atoms with Crippen LogP contribution in [0.15, 0.2) is 18.2 Å². The third kappa shape index (κ3) is 4.52. The zero-order valence-electron chi connectivity index (χ0n) is 15.6. The number of nitrogens with one attached hydrogen (secondary N) is 1. The molecule has 5 heteroatoms. The van der Waals surface area contributed by atoms with Gasteiger partial charge in [0.15, 0.2) is 0 Å². The minimum Gasteiger partial charge on any atom is -0.491 e. The van der Waals surface area contributed by atoms with E-state index in [1.54, 1.807) is 25.3 Å². The number of rotatable bonds is 6. The van der Waals surface area contributed by atoms with E-state index >= 15 is 0 Å². The number of nitriles is 1. The number of carbonyl (C=O) groups excluding carboxylic acids is 1. The SMILES string of the molecule is CC[C@H](C)Oc1ccc(NC(=O)[C@@]2(OC)CCC[C@H](C)C2)c(C#N)c1. The van der Waals surface area contributed by atoms with E-state index in [0.29, 0.717) is 35.8 Å². The Labute approximate surface area is 150 Å². The summed E-state index contributed by atoms with van der Waals surface area (Å²) < 4.78 is 11.4. The van der Waals surface area contributed by atoms with Crippen LogP contribution in [0.25, 0.3) is 0 Å². The predicted molar refractivity (Wildman–Crippen MR) is 97.5 cm³/mol. The Hall–Kier alpha value is -2.06. The van der Waals surface area contributed by atoms with Gasteiger partial charge in [-0.3, -0.25) is 4.79 Å². The van der Waals surface area contributed by atoms with Crippen molar-refractivity contribution in [3.8, 4) is 11.8 Å². The number of hydrogen-bond donors (Lipinski definition) is 1. The molecule has 0 saturated heterocycles. The fraction of sp³-hybridized carbons (Fsp3) is 0.600. The molecule has 0 spiro atoms. The molecule has 1 N–H and O–H groups in total. The lowest BCUT2D eigenvalue weighted by molar-refractivity contribution is -0.143. The Kier molecular flexibility index (Phi) is 6.44. The molecule has 1 fully saturated rings. The molecule has 0 aromatic heterocycles. The Morgan fingerprint density at radius 3 is 2.88 bits per heavy atom. The molecule has 0 bridgehead atoms. The molecule has 1 amide bonds. The molecule has 5 nitrogen and oxygen atoms in total. The highest BCUT2D eigenvalue weighted by atomic mass is 16.5. The summed E-state index contributed by atoms with van der Waals surface area (Å²) in [6, 6.07) is 7.32. The van der Waals surface area contributed by atoms with Gasteiger partial charge in [0.25, 0.3) is 5.91 Å². The van der Waals surface area contributed by atoms with Crippen molar-refractivity contribution in [2.24, 2.45) is 5.92 Å². The zero-order valence-corrected chi connectivity index (χ0v) is 15.6. The number of benzene rings is 1. The molecule has 0 unspecified atom stereocenters. The quantitative estimate of drug-likeness (QED) is 0.836. The standard InChI is InChI=1S/C20H28N2O3/c1-5-15(3)25-17-8-9-18(16(11-17)13-21)22-19(23)20(24-4)10-6-7-14(2)12-20/h8-9,11,14-15H,5-7,10,12H2,1-4H3,(H,22,23)/t14-,15-,20+/m0/s1. The zero-order chi connectivity index (χ0) is 18.4. The molecule has 1 aromatic carbocycles. The van der Waals surface area contributed by atoms with Gasteiger partial charge < -0.3 is 14.8 Å². The third-order valence-corrected chi connectivity index (χ3v) is 5.03. The first kappa shape index (κ1) is 19.3. The summed E-state index contributed by atoms with van der Waals surface area (Å²) in [6.45, 7) is 6.16. The van der Waals surface area contributed by atoms with Gasteiger partial charge in [-0.15, -0.1) is 0 Å². The topological polar surface area (TPSA) is 71.3 Å². The molecule has 0 radical (unpaired) electrons. The number of carbonyl (C=O) groups is 1. The van der Waals surface area contributed by atoms with Crippen molar-refractivity contribution in [1.29, 1.82) is 5.26 Å². The highest BCUT2D eigenvalue weighted by molar-refractivity contribution is 5.98. The summed E-state index contributed by atoms with van der Waals surface area (Å²) in [5.74, 6) is 0.909. The molecular formula is C20H28N2O3. The van der Waals surface area contributed by atoms with Gasteiger partial charge in [-0.25, -0.2) is 0 Å². The van der Waals surface area contributed by atoms with E-state index in [4.69, 9.17) is 9.47 Å². The molecule has 1 aliphatic carbocycles. The molecule has 25 heavy (non-hydrogen) atoms. The smallest absolute Gasteiger partial charge is 0.256 e. The number of anilines is 1. The van der Waals surface area contributed by atoms with Crippen molar-refractivity contribution in [2.45, 2.75) is 64.6 Å². The fourth-order valence-corrected chi connectivity index (χ4v) is 3.34. The number of nitrogens with zero attached hydrogens (tertiary/aromatic N) is 1.